The lowest BCUT2D eigenvalue weighted by Gasteiger charge is -2.38. The summed E-state index contributed by atoms with van der Waals surface area (Å²) >= 11 is 0. The molecule has 1 aliphatic carbocycles. The summed E-state index contributed by atoms with van der Waals surface area (Å²) in [6, 6.07) is 10.8. The van der Waals surface area contributed by atoms with Gasteiger partial charge in [0, 0.05) is 13.2 Å². The van der Waals surface area contributed by atoms with Crippen molar-refractivity contribution in [2.75, 3.05) is 19.7 Å². The molecule has 1 aromatic carbocycles. The van der Waals surface area contributed by atoms with Crippen LogP contribution < -0.4 is 5.73 Å². The Morgan fingerprint density at radius 1 is 1.08 bits per heavy atom. The Labute approximate surface area is 145 Å². The molecule has 2 N–H and O–H groups in total. The highest BCUT2D eigenvalue weighted by atomic mass is 16.5. The van der Waals surface area contributed by atoms with Crippen LogP contribution in [0.4, 0.5) is 0 Å². The zero-order chi connectivity index (χ0) is 16.4. The van der Waals surface area contributed by atoms with Crippen LogP contribution in [0.15, 0.2) is 35.3 Å². The normalized spacial score (nSPS) is 31.4. The highest BCUT2D eigenvalue weighted by molar-refractivity contribution is 5.81. The Morgan fingerprint density at radius 3 is 2.58 bits per heavy atom. The molecule has 2 atom stereocenters. The van der Waals surface area contributed by atoms with E-state index in [9.17, 15) is 0 Å². The van der Waals surface area contributed by atoms with Crippen LogP contribution in [0.25, 0.3) is 0 Å². The van der Waals surface area contributed by atoms with E-state index >= 15 is 0 Å². The van der Waals surface area contributed by atoms with Gasteiger partial charge in [0.25, 0.3) is 0 Å². The van der Waals surface area contributed by atoms with E-state index < -0.39 is 0 Å². The minimum absolute atomic E-state index is 0.162. The first-order valence-electron chi connectivity index (χ1n) is 9.55. The molecule has 4 heteroatoms. The zero-order valence-corrected chi connectivity index (χ0v) is 14.5. The molecule has 0 aromatic heterocycles. The second-order valence-electron chi connectivity index (χ2n) is 7.61. The van der Waals surface area contributed by atoms with Crippen molar-refractivity contribution in [3.05, 3.63) is 35.9 Å². The quantitative estimate of drug-likeness (QED) is 0.923. The van der Waals surface area contributed by atoms with Crippen LogP contribution in [0.1, 0.15) is 50.5 Å². The van der Waals surface area contributed by atoms with Crippen molar-refractivity contribution in [3.8, 4) is 0 Å². The van der Waals surface area contributed by atoms with E-state index in [1.165, 1.54) is 44.1 Å². The van der Waals surface area contributed by atoms with Gasteiger partial charge in [0.15, 0.2) is 5.96 Å². The van der Waals surface area contributed by atoms with E-state index in [1.807, 2.05) is 0 Å². The fourth-order valence-electron chi connectivity index (χ4n) is 4.79. The molecule has 0 spiro atoms. The number of nitrogens with zero attached hydrogens (tertiary/aromatic N) is 2. The third-order valence-corrected chi connectivity index (χ3v) is 6.07. The maximum Gasteiger partial charge on any atom is 0.192 e. The number of benzene rings is 1. The van der Waals surface area contributed by atoms with Gasteiger partial charge < -0.3 is 15.4 Å². The SMILES string of the molecule is NC1=NC(c2ccccc2)(C2CCCCC2)CN1CC1CCCO1. The summed E-state index contributed by atoms with van der Waals surface area (Å²) in [5.41, 5.74) is 7.56. The van der Waals surface area contributed by atoms with Gasteiger partial charge in [-0.1, -0.05) is 49.6 Å². The lowest BCUT2D eigenvalue weighted by Crippen LogP contribution is -2.44. The Balaban J connectivity index is 1.61. The summed E-state index contributed by atoms with van der Waals surface area (Å²) in [7, 11) is 0. The molecule has 2 aliphatic heterocycles. The zero-order valence-electron chi connectivity index (χ0n) is 14.5. The summed E-state index contributed by atoms with van der Waals surface area (Å²) < 4.78 is 5.83. The summed E-state index contributed by atoms with van der Waals surface area (Å²) in [6.07, 6.45) is 9.16. The summed E-state index contributed by atoms with van der Waals surface area (Å²) in [5, 5.41) is 0. The number of ether oxygens (including phenoxy) is 1. The van der Waals surface area contributed by atoms with Crippen molar-refractivity contribution in [1.82, 2.24) is 4.90 Å². The molecule has 1 saturated carbocycles. The molecule has 1 saturated heterocycles. The van der Waals surface area contributed by atoms with Crippen LogP contribution in [0, 0.1) is 5.92 Å². The van der Waals surface area contributed by atoms with E-state index in [0.717, 1.165) is 26.1 Å². The summed E-state index contributed by atoms with van der Waals surface area (Å²) in [5.74, 6) is 1.31. The van der Waals surface area contributed by atoms with Crippen LogP contribution in [-0.2, 0) is 10.3 Å². The van der Waals surface area contributed by atoms with Crippen molar-refractivity contribution in [3.63, 3.8) is 0 Å². The van der Waals surface area contributed by atoms with Gasteiger partial charge in [0.2, 0.25) is 0 Å². The van der Waals surface area contributed by atoms with Crippen LogP contribution in [0.3, 0.4) is 0 Å². The number of rotatable bonds is 4. The average molecular weight is 327 g/mol. The minimum Gasteiger partial charge on any atom is -0.376 e. The Hall–Kier alpha value is -1.55. The standard InChI is InChI=1S/C20H29N3O/c21-19-22-20(16-8-3-1-4-9-16,17-10-5-2-6-11-17)15-23(19)14-18-12-7-13-24-18/h1,3-4,8-9,17-18H,2,5-7,10-15H2,(H2,21,22). The van der Waals surface area contributed by atoms with Crippen molar-refractivity contribution in [2.24, 2.45) is 16.6 Å². The van der Waals surface area contributed by atoms with Crippen molar-refractivity contribution in [1.29, 1.82) is 0 Å². The molecule has 130 valence electrons. The van der Waals surface area contributed by atoms with Gasteiger partial charge >= 0.3 is 0 Å². The van der Waals surface area contributed by atoms with Crippen molar-refractivity contribution in [2.45, 2.75) is 56.6 Å². The summed E-state index contributed by atoms with van der Waals surface area (Å²) in [4.78, 5) is 7.38. The van der Waals surface area contributed by atoms with E-state index in [0.29, 0.717) is 18.0 Å². The van der Waals surface area contributed by atoms with E-state index in [-0.39, 0.29) is 5.54 Å². The third kappa shape index (κ3) is 2.92. The molecule has 2 unspecified atom stereocenters. The predicted molar refractivity (Wildman–Crippen MR) is 96.9 cm³/mol. The molecule has 2 fully saturated rings. The maximum atomic E-state index is 6.40. The van der Waals surface area contributed by atoms with Crippen LogP contribution in [0.5, 0.6) is 0 Å². The van der Waals surface area contributed by atoms with Gasteiger partial charge in [-0.05, 0) is 37.2 Å². The largest absolute Gasteiger partial charge is 0.376 e. The molecule has 0 amide bonds. The molecule has 0 bridgehead atoms. The molecular weight excluding hydrogens is 298 g/mol. The smallest absolute Gasteiger partial charge is 0.192 e. The van der Waals surface area contributed by atoms with Crippen LogP contribution in [-0.4, -0.2) is 36.7 Å². The third-order valence-electron chi connectivity index (χ3n) is 6.07. The number of guanidine groups is 1. The fraction of sp³-hybridized carbons (Fsp3) is 0.650. The molecule has 0 radical (unpaired) electrons. The van der Waals surface area contributed by atoms with Gasteiger partial charge in [-0.15, -0.1) is 0 Å². The Bertz CT molecular complexity index is 576. The van der Waals surface area contributed by atoms with Crippen molar-refractivity contribution < 1.29 is 4.74 Å². The molecule has 3 aliphatic rings. The van der Waals surface area contributed by atoms with Gasteiger partial charge in [-0.3, -0.25) is 0 Å². The van der Waals surface area contributed by atoms with Crippen LogP contribution in [0.2, 0.25) is 0 Å². The number of hydrogen-bond acceptors (Lipinski definition) is 4. The molecule has 24 heavy (non-hydrogen) atoms. The number of aliphatic imine (C=N–C) groups is 1. The lowest BCUT2D eigenvalue weighted by molar-refractivity contribution is 0.0852. The number of hydrogen-bond donors (Lipinski definition) is 1. The predicted octanol–water partition coefficient (Wildman–Crippen LogP) is 3.27. The highest BCUT2D eigenvalue weighted by Gasteiger charge is 2.46. The molecular formula is C20H29N3O. The van der Waals surface area contributed by atoms with Gasteiger partial charge in [0.05, 0.1) is 12.6 Å². The molecule has 1 aromatic rings. The van der Waals surface area contributed by atoms with Crippen molar-refractivity contribution >= 4 is 5.96 Å². The number of nitrogens with two attached hydrogens (primary N) is 1. The van der Waals surface area contributed by atoms with Gasteiger partial charge in [-0.25, -0.2) is 4.99 Å². The molecule has 2 heterocycles. The van der Waals surface area contributed by atoms with E-state index in [1.54, 1.807) is 0 Å². The van der Waals surface area contributed by atoms with E-state index in [4.69, 9.17) is 15.5 Å². The maximum absolute atomic E-state index is 6.40. The van der Waals surface area contributed by atoms with Gasteiger partial charge in [0.1, 0.15) is 5.54 Å². The fourth-order valence-corrected chi connectivity index (χ4v) is 4.79. The van der Waals surface area contributed by atoms with Gasteiger partial charge in [-0.2, -0.15) is 0 Å². The topological polar surface area (TPSA) is 50.8 Å². The molecule has 4 rings (SSSR count). The summed E-state index contributed by atoms with van der Waals surface area (Å²) in [6.45, 7) is 2.69. The first-order valence-corrected chi connectivity index (χ1v) is 9.55. The second-order valence-corrected chi connectivity index (χ2v) is 7.61. The molecule has 4 nitrogen and oxygen atoms in total. The van der Waals surface area contributed by atoms with Crippen LogP contribution >= 0.6 is 0 Å². The Kier molecular flexibility index (Phi) is 4.49. The highest BCUT2D eigenvalue weighted by Crippen LogP contribution is 2.45. The average Bonchev–Trinajstić information content (AvgIpc) is 3.26. The monoisotopic (exact) mass is 327 g/mol. The second kappa shape index (κ2) is 6.75. The lowest BCUT2D eigenvalue weighted by atomic mass is 9.71. The Morgan fingerprint density at radius 2 is 1.88 bits per heavy atom. The first-order chi connectivity index (χ1) is 11.8. The first kappa shape index (κ1) is 15.9. The minimum atomic E-state index is -0.162. The van der Waals surface area contributed by atoms with E-state index in [2.05, 4.69) is 35.2 Å².